The van der Waals surface area contributed by atoms with Crippen LogP contribution in [0.2, 0.25) is 0 Å². The molecule has 1 N–H and O–H groups in total. The number of benzene rings is 1. The van der Waals surface area contributed by atoms with Gasteiger partial charge in [-0.05, 0) is 56.4 Å². The molecular formula is C18H21N5OS. The fourth-order valence-electron chi connectivity index (χ4n) is 2.84. The second-order valence-corrected chi connectivity index (χ2v) is 6.10. The quantitative estimate of drug-likeness (QED) is 0.559. The van der Waals surface area contributed by atoms with E-state index in [4.69, 9.17) is 17.0 Å². The van der Waals surface area contributed by atoms with Crippen LogP contribution >= 0.6 is 12.2 Å². The fraction of sp³-hybridized carbons (Fsp3) is 0.278. The minimum Gasteiger partial charge on any atom is -0.497 e. The van der Waals surface area contributed by atoms with Crippen molar-refractivity contribution in [3.8, 4) is 11.4 Å². The van der Waals surface area contributed by atoms with Crippen molar-refractivity contribution in [3.05, 3.63) is 57.9 Å². The number of hydrogen-bond acceptors (Lipinski definition) is 4. The van der Waals surface area contributed by atoms with E-state index in [0.717, 1.165) is 40.6 Å². The SMILES string of the molecule is CCc1n[nH]c(=S)n1/N=C\c1cc(C)n(-c2ccc(OC)cc2)c1C. The van der Waals surface area contributed by atoms with Gasteiger partial charge in [-0.25, -0.2) is 0 Å². The highest BCUT2D eigenvalue weighted by molar-refractivity contribution is 7.71. The lowest BCUT2D eigenvalue weighted by Gasteiger charge is -2.10. The van der Waals surface area contributed by atoms with Gasteiger partial charge in [0, 0.05) is 29.1 Å². The molecule has 2 aromatic heterocycles. The van der Waals surface area contributed by atoms with Crippen LogP contribution in [0.1, 0.15) is 29.7 Å². The first-order valence-corrected chi connectivity index (χ1v) is 8.50. The lowest BCUT2D eigenvalue weighted by Crippen LogP contribution is -2.00. The maximum absolute atomic E-state index is 5.23. The Kier molecular flexibility index (Phi) is 4.85. The summed E-state index contributed by atoms with van der Waals surface area (Å²) in [5.41, 5.74) is 4.37. The summed E-state index contributed by atoms with van der Waals surface area (Å²) < 4.78 is 9.58. The average Bonchev–Trinajstić information content (AvgIpc) is 3.12. The van der Waals surface area contributed by atoms with Gasteiger partial charge in [-0.15, -0.1) is 0 Å². The van der Waals surface area contributed by atoms with Crippen LogP contribution in [0.25, 0.3) is 5.69 Å². The molecule has 3 aromatic rings. The van der Waals surface area contributed by atoms with Crippen molar-refractivity contribution in [2.24, 2.45) is 5.10 Å². The molecule has 0 amide bonds. The molecule has 0 unspecified atom stereocenters. The highest BCUT2D eigenvalue weighted by atomic mass is 32.1. The van der Waals surface area contributed by atoms with Gasteiger partial charge in [-0.1, -0.05) is 6.92 Å². The van der Waals surface area contributed by atoms with Crippen molar-refractivity contribution in [2.75, 3.05) is 7.11 Å². The Bertz CT molecular complexity index is 963. The van der Waals surface area contributed by atoms with Crippen molar-refractivity contribution in [3.63, 3.8) is 0 Å². The van der Waals surface area contributed by atoms with E-state index < -0.39 is 0 Å². The third-order valence-corrected chi connectivity index (χ3v) is 4.41. The Labute approximate surface area is 151 Å². The topological polar surface area (TPSA) is 60.1 Å². The normalized spacial score (nSPS) is 11.4. The maximum atomic E-state index is 5.23. The van der Waals surface area contributed by atoms with E-state index in [0.29, 0.717) is 4.77 Å². The summed E-state index contributed by atoms with van der Waals surface area (Å²) in [4.78, 5) is 0. The van der Waals surface area contributed by atoms with E-state index in [1.807, 2.05) is 37.4 Å². The fourth-order valence-corrected chi connectivity index (χ4v) is 3.04. The van der Waals surface area contributed by atoms with E-state index in [1.54, 1.807) is 11.8 Å². The molecule has 0 aliphatic rings. The largest absolute Gasteiger partial charge is 0.497 e. The number of methoxy groups -OCH3 is 1. The molecule has 0 bridgehead atoms. The summed E-state index contributed by atoms with van der Waals surface area (Å²) in [6, 6.07) is 10.1. The first-order chi connectivity index (χ1) is 12.0. The van der Waals surface area contributed by atoms with Gasteiger partial charge in [0.1, 0.15) is 5.75 Å². The number of ether oxygens (including phenoxy) is 1. The molecule has 3 rings (SSSR count). The van der Waals surface area contributed by atoms with Crippen LogP contribution in [0.3, 0.4) is 0 Å². The standard InChI is InChI=1S/C18H21N5OS/c1-5-17-20-21-18(25)23(17)19-11-14-10-12(2)22(13(14)3)15-6-8-16(24-4)9-7-15/h6-11H,5H2,1-4H3,(H,21,25)/b19-11-. The van der Waals surface area contributed by atoms with Gasteiger partial charge in [0.15, 0.2) is 5.82 Å². The van der Waals surface area contributed by atoms with E-state index in [1.165, 1.54) is 0 Å². The first-order valence-electron chi connectivity index (χ1n) is 8.09. The Morgan fingerprint density at radius 1 is 1.28 bits per heavy atom. The molecular weight excluding hydrogens is 334 g/mol. The van der Waals surface area contributed by atoms with Crippen LogP contribution in [-0.4, -0.2) is 32.8 Å². The minimum absolute atomic E-state index is 0.497. The Morgan fingerprint density at radius 2 is 2.00 bits per heavy atom. The number of aromatic amines is 1. The second kappa shape index (κ2) is 7.06. The Balaban J connectivity index is 1.98. The summed E-state index contributed by atoms with van der Waals surface area (Å²) in [6.45, 7) is 6.18. The predicted octanol–water partition coefficient (Wildman–Crippen LogP) is 3.80. The van der Waals surface area contributed by atoms with Crippen LogP contribution in [0, 0.1) is 18.6 Å². The maximum Gasteiger partial charge on any atom is 0.216 e. The lowest BCUT2D eigenvalue weighted by molar-refractivity contribution is 0.414. The molecule has 25 heavy (non-hydrogen) atoms. The molecule has 0 aliphatic carbocycles. The zero-order valence-corrected chi connectivity index (χ0v) is 15.6. The van der Waals surface area contributed by atoms with Crippen molar-refractivity contribution in [2.45, 2.75) is 27.2 Å². The summed E-state index contributed by atoms with van der Waals surface area (Å²) in [7, 11) is 1.67. The average molecular weight is 355 g/mol. The molecule has 0 saturated carbocycles. The van der Waals surface area contributed by atoms with Gasteiger partial charge in [0.05, 0.1) is 13.3 Å². The Hall–Kier alpha value is -2.67. The number of aromatic nitrogens is 4. The van der Waals surface area contributed by atoms with E-state index in [9.17, 15) is 0 Å². The molecule has 0 fully saturated rings. The molecule has 0 atom stereocenters. The number of aryl methyl sites for hydroxylation is 2. The van der Waals surface area contributed by atoms with E-state index >= 15 is 0 Å². The van der Waals surface area contributed by atoms with Crippen molar-refractivity contribution >= 4 is 18.4 Å². The molecule has 0 spiro atoms. The molecule has 7 heteroatoms. The monoisotopic (exact) mass is 355 g/mol. The first kappa shape index (κ1) is 17.2. The van der Waals surface area contributed by atoms with Gasteiger partial charge in [-0.2, -0.15) is 14.9 Å². The molecule has 1 aromatic carbocycles. The van der Waals surface area contributed by atoms with Crippen LogP contribution in [0.15, 0.2) is 35.4 Å². The van der Waals surface area contributed by atoms with Gasteiger partial charge < -0.3 is 9.30 Å². The lowest BCUT2D eigenvalue weighted by atomic mass is 10.2. The van der Waals surface area contributed by atoms with Gasteiger partial charge in [0.25, 0.3) is 0 Å². The van der Waals surface area contributed by atoms with Crippen LogP contribution < -0.4 is 4.74 Å². The van der Waals surface area contributed by atoms with Crippen molar-refractivity contribution in [1.29, 1.82) is 0 Å². The second-order valence-electron chi connectivity index (χ2n) is 5.71. The van der Waals surface area contributed by atoms with Crippen LogP contribution in [-0.2, 0) is 6.42 Å². The molecule has 0 saturated heterocycles. The zero-order chi connectivity index (χ0) is 18.0. The summed E-state index contributed by atoms with van der Waals surface area (Å²) >= 11 is 5.23. The molecule has 2 heterocycles. The predicted molar refractivity (Wildman–Crippen MR) is 102 cm³/mol. The van der Waals surface area contributed by atoms with Gasteiger partial charge in [0.2, 0.25) is 4.77 Å². The zero-order valence-electron chi connectivity index (χ0n) is 14.8. The van der Waals surface area contributed by atoms with Gasteiger partial charge >= 0.3 is 0 Å². The number of hydrogen-bond donors (Lipinski definition) is 1. The molecule has 6 nitrogen and oxygen atoms in total. The minimum atomic E-state index is 0.497. The number of nitrogens with zero attached hydrogens (tertiary/aromatic N) is 4. The number of rotatable bonds is 5. The highest BCUT2D eigenvalue weighted by Crippen LogP contribution is 2.22. The van der Waals surface area contributed by atoms with Crippen LogP contribution in [0.4, 0.5) is 0 Å². The molecule has 0 aliphatic heterocycles. The molecule has 0 radical (unpaired) electrons. The van der Waals surface area contributed by atoms with Crippen molar-refractivity contribution in [1.82, 2.24) is 19.4 Å². The number of H-pyrrole nitrogens is 1. The van der Waals surface area contributed by atoms with Crippen LogP contribution in [0.5, 0.6) is 5.75 Å². The smallest absolute Gasteiger partial charge is 0.216 e. The van der Waals surface area contributed by atoms with E-state index in [2.05, 4.69) is 39.8 Å². The third kappa shape index (κ3) is 3.28. The molecule has 130 valence electrons. The number of nitrogens with one attached hydrogen (secondary N) is 1. The summed E-state index contributed by atoms with van der Waals surface area (Å²) in [5.74, 6) is 1.65. The Morgan fingerprint density at radius 3 is 2.64 bits per heavy atom. The summed E-state index contributed by atoms with van der Waals surface area (Å²) in [5, 5.41) is 11.5. The third-order valence-electron chi connectivity index (χ3n) is 4.15. The van der Waals surface area contributed by atoms with Gasteiger partial charge in [-0.3, -0.25) is 5.10 Å². The van der Waals surface area contributed by atoms with Crippen molar-refractivity contribution < 1.29 is 4.74 Å². The highest BCUT2D eigenvalue weighted by Gasteiger charge is 2.10. The van der Waals surface area contributed by atoms with E-state index in [-0.39, 0.29) is 0 Å². The summed E-state index contributed by atoms with van der Waals surface area (Å²) in [6.07, 6.45) is 2.59.